The summed E-state index contributed by atoms with van der Waals surface area (Å²) in [5.41, 5.74) is -6.04. The van der Waals surface area contributed by atoms with E-state index in [4.69, 9.17) is 0 Å². The van der Waals surface area contributed by atoms with Gasteiger partial charge in [-0.15, -0.1) is 0 Å². The third-order valence-electron chi connectivity index (χ3n) is 4.46. The molecule has 0 bridgehead atoms. The van der Waals surface area contributed by atoms with Crippen molar-refractivity contribution in [1.82, 2.24) is 4.90 Å². The number of alkyl halides is 3. The number of anilines is 1. The molecule has 0 N–H and O–H groups in total. The third kappa shape index (κ3) is 3.78. The van der Waals surface area contributed by atoms with E-state index >= 15 is 0 Å². The minimum atomic E-state index is -5.65. The van der Waals surface area contributed by atoms with E-state index < -0.39 is 30.9 Å². The van der Waals surface area contributed by atoms with E-state index in [-0.39, 0.29) is 17.6 Å². The molecule has 1 aliphatic rings. The van der Waals surface area contributed by atoms with Gasteiger partial charge in [-0.2, -0.15) is 13.2 Å². The van der Waals surface area contributed by atoms with Crippen molar-refractivity contribution in [2.24, 2.45) is 5.92 Å². The predicted molar refractivity (Wildman–Crippen MR) is 89.8 cm³/mol. The van der Waals surface area contributed by atoms with Crippen molar-refractivity contribution in [3.63, 3.8) is 0 Å². The Morgan fingerprint density at radius 1 is 1.27 bits per heavy atom. The minimum Gasteiger partial charge on any atom is -0.360 e. The van der Waals surface area contributed by atoms with Crippen LogP contribution in [0.25, 0.3) is 0 Å². The van der Waals surface area contributed by atoms with Crippen LogP contribution in [0.4, 0.5) is 24.5 Å². The Balaban J connectivity index is 2.55. The topological polar surface area (TPSA) is 83.8 Å². The maximum Gasteiger partial charge on any atom is 0.501 e. The van der Waals surface area contributed by atoms with Crippen molar-refractivity contribution >= 4 is 21.2 Å². The standard InChI is InChI=1S/C15H20F3N3O4S/c1-10(2)14-9-19(3)6-7-20(14)12-5-4-11(8-13(12)21(22)23)26(24,25)15(16,17)18/h4-5,8,10,14H,6-7,9H2,1-3H3. The molecule has 0 aromatic heterocycles. The number of piperazine rings is 1. The summed E-state index contributed by atoms with van der Waals surface area (Å²) in [6.07, 6.45) is 0. The highest BCUT2D eigenvalue weighted by molar-refractivity contribution is 7.92. The van der Waals surface area contributed by atoms with Crippen LogP contribution in [-0.2, 0) is 9.84 Å². The smallest absolute Gasteiger partial charge is 0.360 e. The third-order valence-corrected chi connectivity index (χ3v) is 5.94. The second-order valence-corrected chi connectivity index (χ2v) is 8.56. The number of rotatable bonds is 4. The Hall–Kier alpha value is -1.88. The molecule has 1 fully saturated rings. The highest BCUT2D eigenvalue weighted by Gasteiger charge is 2.47. The first-order valence-corrected chi connectivity index (χ1v) is 9.39. The van der Waals surface area contributed by atoms with Gasteiger partial charge in [-0.25, -0.2) is 8.42 Å². The van der Waals surface area contributed by atoms with Crippen LogP contribution in [0.1, 0.15) is 13.8 Å². The monoisotopic (exact) mass is 395 g/mol. The average molecular weight is 395 g/mol. The number of sulfone groups is 1. The van der Waals surface area contributed by atoms with Gasteiger partial charge in [0.2, 0.25) is 0 Å². The summed E-state index contributed by atoms with van der Waals surface area (Å²) in [7, 11) is -3.73. The molecule has 0 aliphatic carbocycles. The maximum atomic E-state index is 12.7. The van der Waals surface area contributed by atoms with Gasteiger partial charge < -0.3 is 9.80 Å². The quantitative estimate of drug-likeness (QED) is 0.576. The minimum absolute atomic E-state index is 0.0856. The van der Waals surface area contributed by atoms with Gasteiger partial charge in [0.1, 0.15) is 5.69 Å². The van der Waals surface area contributed by atoms with Crippen molar-refractivity contribution in [3.05, 3.63) is 28.3 Å². The van der Waals surface area contributed by atoms with E-state index in [0.29, 0.717) is 25.7 Å². The summed E-state index contributed by atoms with van der Waals surface area (Å²) < 4.78 is 61.4. The molecule has 146 valence electrons. The lowest BCUT2D eigenvalue weighted by atomic mass is 9.98. The highest BCUT2D eigenvalue weighted by Crippen LogP contribution is 2.37. The zero-order chi connectivity index (χ0) is 19.9. The first kappa shape index (κ1) is 20.4. The molecule has 0 radical (unpaired) electrons. The molecular formula is C15H20F3N3O4S. The number of nitrogens with zero attached hydrogens (tertiary/aromatic N) is 3. The van der Waals surface area contributed by atoms with E-state index in [9.17, 15) is 31.7 Å². The highest BCUT2D eigenvalue weighted by atomic mass is 32.2. The van der Waals surface area contributed by atoms with Gasteiger partial charge in [0.05, 0.1) is 9.82 Å². The van der Waals surface area contributed by atoms with Crippen LogP contribution in [0.3, 0.4) is 0 Å². The van der Waals surface area contributed by atoms with E-state index in [2.05, 4.69) is 4.90 Å². The number of likely N-dealkylation sites (N-methyl/N-ethyl adjacent to an activating group) is 1. The van der Waals surface area contributed by atoms with Crippen molar-refractivity contribution in [1.29, 1.82) is 0 Å². The SMILES string of the molecule is CC(C)C1CN(C)CCN1c1ccc(S(=O)(=O)C(F)(F)F)cc1[N+](=O)[O-]. The molecule has 0 spiro atoms. The first-order chi connectivity index (χ1) is 11.9. The first-order valence-electron chi connectivity index (χ1n) is 7.91. The molecule has 2 rings (SSSR count). The van der Waals surface area contributed by atoms with E-state index in [1.807, 2.05) is 20.9 Å². The molecule has 1 heterocycles. The van der Waals surface area contributed by atoms with Gasteiger partial charge in [0, 0.05) is 31.7 Å². The zero-order valence-corrected chi connectivity index (χ0v) is 15.3. The van der Waals surface area contributed by atoms with Crippen LogP contribution in [0.15, 0.2) is 23.1 Å². The lowest BCUT2D eigenvalue weighted by Crippen LogP contribution is -2.54. The summed E-state index contributed by atoms with van der Waals surface area (Å²) in [4.78, 5) is 13.3. The molecule has 1 atom stereocenters. The molecule has 7 nitrogen and oxygen atoms in total. The lowest BCUT2D eigenvalue weighted by molar-refractivity contribution is -0.384. The van der Waals surface area contributed by atoms with Crippen molar-refractivity contribution in [3.8, 4) is 0 Å². The maximum absolute atomic E-state index is 12.7. The summed E-state index contributed by atoms with van der Waals surface area (Å²) in [5.74, 6) is 0.135. The van der Waals surface area contributed by atoms with Crippen molar-refractivity contribution in [2.75, 3.05) is 31.6 Å². The van der Waals surface area contributed by atoms with Crippen LogP contribution in [0, 0.1) is 16.0 Å². The molecule has 1 saturated heterocycles. The second kappa shape index (κ2) is 7.03. The normalized spacial score (nSPS) is 19.8. The Labute approximate surface area is 149 Å². The van der Waals surface area contributed by atoms with Crippen LogP contribution in [0.5, 0.6) is 0 Å². The summed E-state index contributed by atoms with van der Waals surface area (Å²) in [6, 6.07) is 2.28. The van der Waals surface area contributed by atoms with Crippen LogP contribution in [-0.4, -0.2) is 56.5 Å². The number of halogens is 3. The van der Waals surface area contributed by atoms with Crippen LogP contribution < -0.4 is 4.90 Å². The van der Waals surface area contributed by atoms with Gasteiger partial charge in [-0.3, -0.25) is 10.1 Å². The molecule has 1 aliphatic heterocycles. The number of benzene rings is 1. The Kier molecular flexibility index (Phi) is 5.52. The lowest BCUT2D eigenvalue weighted by Gasteiger charge is -2.43. The fourth-order valence-electron chi connectivity index (χ4n) is 3.02. The molecule has 1 aromatic carbocycles. The van der Waals surface area contributed by atoms with Crippen molar-refractivity contribution < 1.29 is 26.5 Å². The molecule has 1 aromatic rings. The second-order valence-electron chi connectivity index (χ2n) is 6.62. The van der Waals surface area contributed by atoms with E-state index in [0.717, 1.165) is 12.1 Å². The molecule has 0 saturated carbocycles. The zero-order valence-electron chi connectivity index (χ0n) is 14.5. The molecular weight excluding hydrogens is 375 g/mol. The van der Waals surface area contributed by atoms with Gasteiger partial charge in [-0.05, 0) is 25.1 Å². The number of nitro groups is 1. The Morgan fingerprint density at radius 3 is 2.38 bits per heavy atom. The molecule has 1 unspecified atom stereocenters. The predicted octanol–water partition coefficient (Wildman–Crippen LogP) is 2.66. The number of hydrogen-bond acceptors (Lipinski definition) is 6. The fraction of sp³-hybridized carbons (Fsp3) is 0.600. The summed E-state index contributed by atoms with van der Waals surface area (Å²) in [6.45, 7) is 5.61. The molecule has 26 heavy (non-hydrogen) atoms. The van der Waals surface area contributed by atoms with Crippen LogP contribution >= 0.6 is 0 Å². The largest absolute Gasteiger partial charge is 0.501 e. The summed E-state index contributed by atoms with van der Waals surface area (Å²) in [5, 5.41) is 11.4. The molecule has 0 amide bonds. The van der Waals surface area contributed by atoms with Crippen molar-refractivity contribution in [2.45, 2.75) is 30.3 Å². The fourth-order valence-corrected chi connectivity index (χ4v) is 3.80. The Bertz CT molecular complexity index is 796. The van der Waals surface area contributed by atoms with Gasteiger partial charge >= 0.3 is 5.51 Å². The number of hydrogen-bond donors (Lipinski definition) is 0. The number of nitro benzene ring substituents is 1. The van der Waals surface area contributed by atoms with Gasteiger partial charge in [0.15, 0.2) is 0 Å². The van der Waals surface area contributed by atoms with E-state index in [1.165, 1.54) is 0 Å². The summed E-state index contributed by atoms with van der Waals surface area (Å²) >= 11 is 0. The van der Waals surface area contributed by atoms with Gasteiger partial charge in [0.25, 0.3) is 15.5 Å². The Morgan fingerprint density at radius 2 is 1.88 bits per heavy atom. The van der Waals surface area contributed by atoms with Gasteiger partial charge in [-0.1, -0.05) is 13.8 Å². The molecule has 11 heteroatoms. The van der Waals surface area contributed by atoms with Crippen LogP contribution in [0.2, 0.25) is 0 Å². The average Bonchev–Trinajstić information content (AvgIpc) is 2.53. The van der Waals surface area contributed by atoms with E-state index in [1.54, 1.807) is 4.90 Å².